The molecule has 0 saturated carbocycles. The Bertz CT molecular complexity index is 729. The third-order valence-corrected chi connectivity index (χ3v) is 3.27. The summed E-state index contributed by atoms with van der Waals surface area (Å²) in [6.45, 7) is 0.412. The molecule has 1 aliphatic rings. The Morgan fingerprint density at radius 1 is 1.24 bits per heavy atom. The summed E-state index contributed by atoms with van der Waals surface area (Å²) in [4.78, 5) is 17.6. The van der Waals surface area contributed by atoms with Gasteiger partial charge < -0.3 is 9.64 Å². The molecule has 3 rings (SSSR count). The molecule has 2 aromatic rings. The summed E-state index contributed by atoms with van der Waals surface area (Å²) in [6, 6.07) is 11.2. The van der Waals surface area contributed by atoms with Gasteiger partial charge in [0.15, 0.2) is 0 Å². The minimum Gasteiger partial charge on any atom is -0.491 e. The van der Waals surface area contributed by atoms with Crippen molar-refractivity contribution in [2.45, 2.75) is 6.42 Å². The number of anilines is 1. The molecule has 0 unspecified atom stereocenters. The predicted octanol–water partition coefficient (Wildman–Crippen LogP) is 2.23. The Morgan fingerprint density at radius 2 is 2.14 bits per heavy atom. The zero-order valence-electron chi connectivity index (χ0n) is 11.7. The van der Waals surface area contributed by atoms with E-state index in [1.54, 1.807) is 18.1 Å². The van der Waals surface area contributed by atoms with Gasteiger partial charge in [-0.1, -0.05) is 12.0 Å². The lowest BCUT2D eigenvalue weighted by atomic mass is 10.1. The van der Waals surface area contributed by atoms with Gasteiger partial charge in [-0.05, 0) is 36.3 Å². The molecule has 0 spiro atoms. The Kier molecular flexibility index (Phi) is 3.57. The van der Waals surface area contributed by atoms with Crippen molar-refractivity contribution in [1.82, 2.24) is 4.98 Å². The average Bonchev–Trinajstić information content (AvgIpc) is 2.66. The van der Waals surface area contributed by atoms with Gasteiger partial charge in [0.25, 0.3) is 0 Å². The van der Waals surface area contributed by atoms with Crippen LogP contribution in [0.3, 0.4) is 0 Å². The van der Waals surface area contributed by atoms with Gasteiger partial charge in [0.05, 0.1) is 18.7 Å². The number of pyridine rings is 1. The van der Waals surface area contributed by atoms with Crippen LogP contribution in [0.4, 0.5) is 5.69 Å². The lowest BCUT2D eigenvalue weighted by Gasteiger charge is -2.16. The summed E-state index contributed by atoms with van der Waals surface area (Å²) in [5.41, 5.74) is 2.29. The molecule has 0 radical (unpaired) electrons. The van der Waals surface area contributed by atoms with E-state index in [4.69, 9.17) is 4.74 Å². The van der Waals surface area contributed by atoms with Crippen molar-refractivity contribution >= 4 is 11.6 Å². The van der Waals surface area contributed by atoms with Crippen molar-refractivity contribution in [2.24, 2.45) is 0 Å². The van der Waals surface area contributed by atoms with E-state index in [2.05, 4.69) is 16.8 Å². The van der Waals surface area contributed by atoms with E-state index in [1.807, 2.05) is 36.4 Å². The first-order valence-corrected chi connectivity index (χ1v) is 6.70. The second-order valence-corrected chi connectivity index (χ2v) is 4.70. The molecule has 4 nitrogen and oxygen atoms in total. The molecule has 104 valence electrons. The molecule has 0 bridgehead atoms. The van der Waals surface area contributed by atoms with E-state index in [0.717, 1.165) is 11.3 Å². The lowest BCUT2D eigenvalue weighted by Crippen LogP contribution is -2.25. The van der Waals surface area contributed by atoms with Gasteiger partial charge in [-0.15, -0.1) is 0 Å². The molecule has 2 heterocycles. The number of carbonyl (C=O) groups is 1. The van der Waals surface area contributed by atoms with Gasteiger partial charge in [-0.25, -0.2) is 4.98 Å². The largest absolute Gasteiger partial charge is 0.491 e. The molecule has 0 fully saturated rings. The zero-order chi connectivity index (χ0) is 14.7. The first-order valence-electron chi connectivity index (χ1n) is 6.70. The van der Waals surface area contributed by atoms with Crippen LogP contribution in [0.2, 0.25) is 0 Å². The third kappa shape index (κ3) is 2.87. The second-order valence-electron chi connectivity index (χ2n) is 4.70. The Labute approximate surface area is 123 Å². The van der Waals surface area contributed by atoms with Gasteiger partial charge >= 0.3 is 0 Å². The summed E-state index contributed by atoms with van der Waals surface area (Å²) in [5, 5.41) is 0. The number of rotatable bonds is 0. The Morgan fingerprint density at radius 3 is 2.95 bits per heavy atom. The summed E-state index contributed by atoms with van der Waals surface area (Å²) in [5.74, 6) is 6.82. The van der Waals surface area contributed by atoms with Crippen LogP contribution in [0.5, 0.6) is 5.75 Å². The molecule has 4 heteroatoms. The van der Waals surface area contributed by atoms with Crippen molar-refractivity contribution < 1.29 is 9.53 Å². The molecule has 0 atom stereocenters. The van der Waals surface area contributed by atoms with Gasteiger partial charge in [0, 0.05) is 18.8 Å². The molecule has 0 aliphatic carbocycles. The summed E-state index contributed by atoms with van der Waals surface area (Å²) >= 11 is 0. The van der Waals surface area contributed by atoms with E-state index in [0.29, 0.717) is 24.5 Å². The molecular formula is C17H14N2O2. The first kappa shape index (κ1) is 13.2. The first-order chi connectivity index (χ1) is 10.2. The molecule has 1 aromatic heterocycles. The van der Waals surface area contributed by atoms with Crippen LogP contribution in [-0.4, -0.2) is 24.5 Å². The monoisotopic (exact) mass is 278 g/mol. The minimum atomic E-state index is 0.0450. The molecule has 1 aliphatic heterocycles. The summed E-state index contributed by atoms with van der Waals surface area (Å²) in [7, 11) is 1.76. The van der Waals surface area contributed by atoms with Crippen LogP contribution < -0.4 is 9.64 Å². The fraction of sp³-hybridized carbons (Fsp3) is 0.176. The van der Waals surface area contributed by atoms with Crippen molar-refractivity contribution in [2.75, 3.05) is 18.6 Å². The molecule has 0 saturated heterocycles. The minimum absolute atomic E-state index is 0.0450. The van der Waals surface area contributed by atoms with Gasteiger partial charge in [-0.3, -0.25) is 4.79 Å². The number of nitrogens with zero attached hydrogens (tertiary/aromatic N) is 2. The number of ether oxygens (including phenoxy) is 1. The highest BCUT2D eigenvalue weighted by molar-refractivity contribution is 5.95. The topological polar surface area (TPSA) is 42.4 Å². The van der Waals surface area contributed by atoms with Crippen LogP contribution in [0, 0.1) is 11.8 Å². The molecule has 21 heavy (non-hydrogen) atoms. The van der Waals surface area contributed by atoms with Gasteiger partial charge in [-0.2, -0.15) is 0 Å². The fourth-order valence-corrected chi connectivity index (χ4v) is 2.10. The number of hydrogen-bond acceptors (Lipinski definition) is 3. The fourth-order valence-electron chi connectivity index (χ4n) is 2.10. The molecule has 0 N–H and O–H groups in total. The van der Waals surface area contributed by atoms with Gasteiger partial charge in [0.2, 0.25) is 5.91 Å². The predicted molar refractivity (Wildman–Crippen MR) is 80.2 cm³/mol. The Balaban J connectivity index is 1.94. The lowest BCUT2D eigenvalue weighted by molar-refractivity contribution is -0.118. The highest BCUT2D eigenvalue weighted by Crippen LogP contribution is 2.31. The molecule has 1 aromatic carbocycles. The number of carbonyl (C=O) groups excluding carboxylic acids is 1. The smallest absolute Gasteiger partial charge is 0.230 e. The number of hydrogen-bond donors (Lipinski definition) is 0. The standard InChI is InChI=1S/C17H14N2O2/c1-19-15-12-13(5-7-14-4-2-3-10-18-14)6-8-16(15)21-11-9-17(19)20/h2-4,6,8,10,12H,9,11H2,1H3. The van der Waals surface area contributed by atoms with Crippen molar-refractivity contribution in [3.8, 4) is 17.6 Å². The van der Waals surface area contributed by atoms with Crippen molar-refractivity contribution in [1.29, 1.82) is 0 Å². The van der Waals surface area contributed by atoms with Crippen LogP contribution in [0.25, 0.3) is 0 Å². The quantitative estimate of drug-likeness (QED) is 0.694. The molecule has 1 amide bonds. The normalized spacial score (nSPS) is 13.6. The maximum Gasteiger partial charge on any atom is 0.230 e. The van der Waals surface area contributed by atoms with E-state index in [9.17, 15) is 4.79 Å². The van der Waals surface area contributed by atoms with Crippen LogP contribution in [0.15, 0.2) is 42.6 Å². The van der Waals surface area contributed by atoms with Crippen LogP contribution in [0.1, 0.15) is 17.7 Å². The van der Waals surface area contributed by atoms with Crippen molar-refractivity contribution in [3.63, 3.8) is 0 Å². The highest BCUT2D eigenvalue weighted by Gasteiger charge is 2.19. The van der Waals surface area contributed by atoms with Crippen LogP contribution in [-0.2, 0) is 4.79 Å². The maximum atomic E-state index is 11.9. The third-order valence-electron chi connectivity index (χ3n) is 3.27. The SMILES string of the molecule is CN1C(=O)CCOc2ccc(C#Cc3ccccn3)cc21. The van der Waals surface area contributed by atoms with E-state index < -0.39 is 0 Å². The average molecular weight is 278 g/mol. The summed E-state index contributed by atoms with van der Waals surface area (Å²) in [6.07, 6.45) is 2.10. The van der Waals surface area contributed by atoms with Crippen LogP contribution >= 0.6 is 0 Å². The number of benzene rings is 1. The molecular weight excluding hydrogens is 264 g/mol. The highest BCUT2D eigenvalue weighted by atomic mass is 16.5. The summed E-state index contributed by atoms with van der Waals surface area (Å²) < 4.78 is 5.58. The number of aromatic nitrogens is 1. The number of amides is 1. The van der Waals surface area contributed by atoms with Crippen molar-refractivity contribution in [3.05, 3.63) is 53.9 Å². The van der Waals surface area contributed by atoms with E-state index in [-0.39, 0.29) is 5.91 Å². The van der Waals surface area contributed by atoms with E-state index in [1.165, 1.54) is 0 Å². The maximum absolute atomic E-state index is 11.9. The van der Waals surface area contributed by atoms with Gasteiger partial charge in [0.1, 0.15) is 11.4 Å². The van der Waals surface area contributed by atoms with E-state index >= 15 is 0 Å². The second kappa shape index (κ2) is 5.68. The Hall–Kier alpha value is -2.80. The number of fused-ring (bicyclic) bond motifs is 1. The zero-order valence-corrected chi connectivity index (χ0v) is 11.7.